The van der Waals surface area contributed by atoms with Crippen molar-refractivity contribution in [2.45, 2.75) is 23.7 Å². The van der Waals surface area contributed by atoms with E-state index in [0.717, 1.165) is 46.0 Å². The number of hydrogen-bond acceptors (Lipinski definition) is 6. The third-order valence-corrected chi connectivity index (χ3v) is 8.63. The molecule has 2 saturated heterocycles. The van der Waals surface area contributed by atoms with Crippen molar-refractivity contribution in [3.05, 3.63) is 93.5 Å². The van der Waals surface area contributed by atoms with E-state index in [1.165, 1.54) is 11.1 Å². The Labute approximate surface area is 213 Å². The average molecular weight is 515 g/mol. The Morgan fingerprint density at radius 3 is 2.38 bits per heavy atom. The van der Waals surface area contributed by atoms with Crippen LogP contribution in [0.15, 0.2) is 66.7 Å². The molecule has 6 rings (SSSR count). The SMILES string of the molecule is Clc1ccc([C@H]2OC[C@@]3(CNCc4ccc5c(c4)OCO5)CS[C@H](c4ccc(Cl)cc4)N23)cc1. The van der Waals surface area contributed by atoms with E-state index in [4.69, 9.17) is 37.4 Å². The van der Waals surface area contributed by atoms with E-state index >= 15 is 0 Å². The Balaban J connectivity index is 1.25. The zero-order chi connectivity index (χ0) is 23.1. The van der Waals surface area contributed by atoms with Crippen LogP contribution in [0.5, 0.6) is 11.5 Å². The van der Waals surface area contributed by atoms with Gasteiger partial charge >= 0.3 is 0 Å². The van der Waals surface area contributed by atoms with Crippen molar-refractivity contribution in [3.8, 4) is 11.5 Å². The molecule has 0 saturated carbocycles. The first-order valence-electron chi connectivity index (χ1n) is 11.2. The number of nitrogens with one attached hydrogen (secondary N) is 1. The molecule has 34 heavy (non-hydrogen) atoms. The van der Waals surface area contributed by atoms with Crippen molar-refractivity contribution in [1.29, 1.82) is 0 Å². The lowest BCUT2D eigenvalue weighted by molar-refractivity contribution is 0.0184. The van der Waals surface area contributed by atoms with Crippen LogP contribution in [0.4, 0.5) is 0 Å². The maximum Gasteiger partial charge on any atom is 0.231 e. The molecule has 0 spiro atoms. The fourth-order valence-corrected chi connectivity index (χ4v) is 6.79. The van der Waals surface area contributed by atoms with Crippen LogP contribution in [0.2, 0.25) is 10.0 Å². The summed E-state index contributed by atoms with van der Waals surface area (Å²) < 4.78 is 17.4. The fourth-order valence-electron chi connectivity index (χ4n) is 4.89. The van der Waals surface area contributed by atoms with Crippen molar-refractivity contribution < 1.29 is 14.2 Å². The smallest absolute Gasteiger partial charge is 0.231 e. The summed E-state index contributed by atoms with van der Waals surface area (Å²) in [5, 5.41) is 5.33. The molecule has 1 N–H and O–H groups in total. The summed E-state index contributed by atoms with van der Waals surface area (Å²) in [6.07, 6.45) is -0.139. The molecule has 0 aromatic heterocycles. The second-order valence-corrected chi connectivity index (χ2v) is 10.8. The van der Waals surface area contributed by atoms with Crippen molar-refractivity contribution in [2.75, 3.05) is 25.7 Å². The van der Waals surface area contributed by atoms with Gasteiger partial charge in [-0.3, -0.25) is 0 Å². The van der Waals surface area contributed by atoms with E-state index in [1.54, 1.807) is 0 Å². The predicted octanol–water partition coefficient (Wildman–Crippen LogP) is 6.03. The zero-order valence-corrected chi connectivity index (χ0v) is 20.7. The van der Waals surface area contributed by atoms with E-state index in [-0.39, 0.29) is 23.9 Å². The lowest BCUT2D eigenvalue weighted by Crippen LogP contribution is -2.51. The third-order valence-electron chi connectivity index (χ3n) is 6.60. The second kappa shape index (κ2) is 9.26. The molecule has 0 amide bonds. The van der Waals surface area contributed by atoms with Gasteiger partial charge in [0.25, 0.3) is 0 Å². The van der Waals surface area contributed by atoms with Gasteiger partial charge in [-0.05, 0) is 53.1 Å². The Bertz CT molecular complexity index is 1120. The number of nitrogens with zero attached hydrogens (tertiary/aromatic N) is 1. The monoisotopic (exact) mass is 514 g/mol. The van der Waals surface area contributed by atoms with Crippen LogP contribution >= 0.6 is 35.0 Å². The molecule has 0 radical (unpaired) electrons. The summed E-state index contributed by atoms with van der Waals surface area (Å²) in [7, 11) is 0. The Morgan fingerprint density at radius 1 is 0.912 bits per heavy atom. The number of fused-ring (bicyclic) bond motifs is 2. The van der Waals surface area contributed by atoms with Gasteiger partial charge in [-0.25, -0.2) is 4.90 Å². The lowest BCUT2D eigenvalue weighted by Gasteiger charge is -2.36. The summed E-state index contributed by atoms with van der Waals surface area (Å²) in [5.41, 5.74) is 3.38. The van der Waals surface area contributed by atoms with Crippen LogP contribution in [0, 0.1) is 0 Å². The van der Waals surface area contributed by atoms with Crippen LogP contribution < -0.4 is 14.8 Å². The summed E-state index contributed by atoms with van der Waals surface area (Å²) in [6, 6.07) is 22.2. The van der Waals surface area contributed by atoms with Gasteiger partial charge < -0.3 is 19.5 Å². The Hall–Kier alpha value is -1.93. The molecule has 0 bridgehead atoms. The van der Waals surface area contributed by atoms with Gasteiger partial charge in [0.05, 0.1) is 17.5 Å². The number of ether oxygens (including phenoxy) is 3. The van der Waals surface area contributed by atoms with Gasteiger partial charge in [0.1, 0.15) is 6.23 Å². The lowest BCUT2D eigenvalue weighted by atomic mass is 9.99. The highest BCUT2D eigenvalue weighted by Gasteiger charge is 2.55. The highest BCUT2D eigenvalue weighted by molar-refractivity contribution is 7.99. The van der Waals surface area contributed by atoms with Crippen LogP contribution in [0.25, 0.3) is 0 Å². The Kier molecular flexibility index (Phi) is 6.14. The minimum Gasteiger partial charge on any atom is -0.454 e. The number of benzene rings is 3. The van der Waals surface area contributed by atoms with E-state index in [9.17, 15) is 0 Å². The number of halogens is 2. The molecular weight excluding hydrogens is 491 g/mol. The normalized spacial score (nSPS) is 25.6. The number of thioether (sulfide) groups is 1. The van der Waals surface area contributed by atoms with Crippen LogP contribution in [0.3, 0.4) is 0 Å². The maximum absolute atomic E-state index is 6.45. The van der Waals surface area contributed by atoms with Gasteiger partial charge in [0.2, 0.25) is 6.79 Å². The highest BCUT2D eigenvalue weighted by Crippen LogP contribution is 2.55. The highest BCUT2D eigenvalue weighted by atomic mass is 35.5. The van der Waals surface area contributed by atoms with Crippen LogP contribution in [0.1, 0.15) is 28.3 Å². The van der Waals surface area contributed by atoms with Gasteiger partial charge in [0.15, 0.2) is 11.5 Å². The van der Waals surface area contributed by atoms with Gasteiger partial charge in [-0.1, -0.05) is 53.5 Å². The van der Waals surface area contributed by atoms with E-state index in [0.29, 0.717) is 6.61 Å². The molecule has 2 fully saturated rings. The molecule has 0 aliphatic carbocycles. The van der Waals surface area contributed by atoms with Crippen molar-refractivity contribution in [1.82, 2.24) is 10.2 Å². The molecule has 3 aromatic carbocycles. The van der Waals surface area contributed by atoms with E-state index in [1.807, 2.05) is 48.2 Å². The number of rotatable bonds is 6. The minimum atomic E-state index is -0.139. The van der Waals surface area contributed by atoms with E-state index < -0.39 is 0 Å². The molecule has 176 valence electrons. The maximum atomic E-state index is 6.45. The summed E-state index contributed by atoms with van der Waals surface area (Å²) in [6.45, 7) is 2.50. The molecule has 5 nitrogen and oxygen atoms in total. The Morgan fingerprint density at radius 2 is 1.62 bits per heavy atom. The second-order valence-electron chi connectivity index (χ2n) is 8.85. The first kappa shape index (κ1) is 22.5. The van der Waals surface area contributed by atoms with Gasteiger partial charge in [-0.2, -0.15) is 0 Å². The quantitative estimate of drug-likeness (QED) is 0.433. The summed E-state index contributed by atoms with van der Waals surface area (Å²) >= 11 is 14.3. The van der Waals surface area contributed by atoms with Crippen molar-refractivity contribution in [2.24, 2.45) is 0 Å². The molecule has 0 unspecified atom stereocenters. The van der Waals surface area contributed by atoms with Crippen LogP contribution in [-0.2, 0) is 11.3 Å². The number of hydrogen-bond donors (Lipinski definition) is 1. The zero-order valence-electron chi connectivity index (χ0n) is 18.4. The van der Waals surface area contributed by atoms with Crippen molar-refractivity contribution >= 4 is 35.0 Å². The van der Waals surface area contributed by atoms with Crippen molar-refractivity contribution in [3.63, 3.8) is 0 Å². The molecule has 3 aromatic rings. The van der Waals surface area contributed by atoms with Crippen LogP contribution in [-0.4, -0.2) is 36.1 Å². The average Bonchev–Trinajstić information content (AvgIpc) is 3.55. The first-order valence-corrected chi connectivity index (χ1v) is 13.0. The molecular formula is C26H24Cl2N2O3S. The van der Waals surface area contributed by atoms with E-state index in [2.05, 4.69) is 40.5 Å². The van der Waals surface area contributed by atoms with Gasteiger partial charge in [0, 0.05) is 28.9 Å². The molecule has 3 aliphatic rings. The topological polar surface area (TPSA) is 43.0 Å². The molecule has 3 atom stereocenters. The minimum absolute atomic E-state index is 0.129. The standard InChI is InChI=1S/C26H24Cl2N2O3S/c27-20-6-2-18(3-7-20)24-30-25(19-4-8-21(28)9-5-19)34-15-26(30,14-31-24)13-29-12-17-1-10-22-23(11-17)33-16-32-22/h1-11,24-25,29H,12-16H2/t24-,25-,26+/m1/s1. The molecule has 8 heteroatoms. The molecule has 3 aliphatic heterocycles. The molecule has 3 heterocycles. The van der Waals surface area contributed by atoms with Gasteiger partial charge in [-0.15, -0.1) is 11.8 Å². The predicted molar refractivity (Wildman–Crippen MR) is 136 cm³/mol. The first-order chi connectivity index (χ1) is 16.6. The summed E-state index contributed by atoms with van der Waals surface area (Å²) in [4.78, 5) is 2.52. The largest absolute Gasteiger partial charge is 0.454 e. The summed E-state index contributed by atoms with van der Waals surface area (Å²) in [5.74, 6) is 2.59. The fraction of sp³-hybridized carbons (Fsp3) is 0.308. The third kappa shape index (κ3) is 4.17.